The third-order valence-electron chi connectivity index (χ3n) is 4.18. The summed E-state index contributed by atoms with van der Waals surface area (Å²) in [4.78, 5) is 20.9. The molecule has 128 valence electrons. The molecule has 0 unspecified atom stereocenters. The van der Waals surface area contributed by atoms with Gasteiger partial charge < -0.3 is 9.42 Å². The predicted octanol–water partition coefficient (Wildman–Crippen LogP) is 2.17. The summed E-state index contributed by atoms with van der Waals surface area (Å²) in [7, 11) is 0. The highest BCUT2D eigenvalue weighted by Crippen LogP contribution is 2.12. The molecule has 0 radical (unpaired) electrons. The molecule has 1 fully saturated rings. The van der Waals surface area contributed by atoms with E-state index in [0.29, 0.717) is 23.9 Å². The fraction of sp³-hybridized carbons (Fsp3) is 0.471. The maximum atomic E-state index is 12.4. The van der Waals surface area contributed by atoms with Crippen LogP contribution in [0.1, 0.15) is 24.2 Å². The summed E-state index contributed by atoms with van der Waals surface area (Å²) in [6.45, 7) is 5.72. The first-order valence-corrected chi connectivity index (χ1v) is 8.58. The van der Waals surface area contributed by atoms with Crippen LogP contribution in [0.15, 0.2) is 28.8 Å². The second-order valence-electron chi connectivity index (χ2n) is 5.92. The Morgan fingerprint density at radius 2 is 1.92 bits per heavy atom. The first kappa shape index (κ1) is 16.9. The topological polar surface area (TPSA) is 62.5 Å². The highest BCUT2D eigenvalue weighted by Gasteiger charge is 2.22. The Morgan fingerprint density at radius 3 is 2.54 bits per heavy atom. The van der Waals surface area contributed by atoms with Crippen molar-refractivity contribution in [2.24, 2.45) is 0 Å². The molecular formula is C17H21ClN4O2. The number of benzene rings is 1. The van der Waals surface area contributed by atoms with Gasteiger partial charge in [0.1, 0.15) is 0 Å². The van der Waals surface area contributed by atoms with E-state index >= 15 is 0 Å². The van der Waals surface area contributed by atoms with E-state index in [2.05, 4.69) is 15.0 Å². The van der Waals surface area contributed by atoms with Crippen molar-refractivity contribution in [3.05, 3.63) is 46.6 Å². The van der Waals surface area contributed by atoms with Crippen LogP contribution in [0.25, 0.3) is 0 Å². The van der Waals surface area contributed by atoms with Crippen molar-refractivity contribution in [3.63, 3.8) is 0 Å². The maximum Gasteiger partial charge on any atom is 0.240 e. The van der Waals surface area contributed by atoms with E-state index in [-0.39, 0.29) is 5.91 Å². The second-order valence-corrected chi connectivity index (χ2v) is 6.35. The van der Waals surface area contributed by atoms with Crippen molar-refractivity contribution in [1.82, 2.24) is 19.9 Å². The van der Waals surface area contributed by atoms with E-state index < -0.39 is 0 Å². The number of piperazine rings is 1. The monoisotopic (exact) mass is 348 g/mol. The Hall–Kier alpha value is -1.92. The number of rotatable bonds is 5. The lowest BCUT2D eigenvalue weighted by Gasteiger charge is -2.34. The van der Waals surface area contributed by atoms with E-state index in [0.717, 1.165) is 44.0 Å². The predicted molar refractivity (Wildman–Crippen MR) is 90.7 cm³/mol. The number of carbonyl (C=O) groups is 1. The van der Waals surface area contributed by atoms with Gasteiger partial charge >= 0.3 is 0 Å². The third kappa shape index (κ3) is 4.33. The van der Waals surface area contributed by atoms with Gasteiger partial charge in [-0.3, -0.25) is 9.69 Å². The Labute approximate surface area is 146 Å². The van der Waals surface area contributed by atoms with Crippen LogP contribution >= 0.6 is 11.6 Å². The van der Waals surface area contributed by atoms with Gasteiger partial charge in [0.25, 0.3) is 0 Å². The Bertz CT molecular complexity index is 678. The Kier molecular flexibility index (Phi) is 5.48. The van der Waals surface area contributed by atoms with Gasteiger partial charge in [-0.05, 0) is 17.7 Å². The number of aryl methyl sites for hydroxylation is 1. The zero-order valence-electron chi connectivity index (χ0n) is 13.7. The van der Waals surface area contributed by atoms with Crippen LogP contribution in [0, 0.1) is 0 Å². The average molecular weight is 349 g/mol. The van der Waals surface area contributed by atoms with Crippen LogP contribution in [0.2, 0.25) is 5.02 Å². The summed E-state index contributed by atoms with van der Waals surface area (Å²) in [5.74, 6) is 1.54. The largest absolute Gasteiger partial charge is 0.340 e. The Morgan fingerprint density at radius 1 is 1.21 bits per heavy atom. The van der Waals surface area contributed by atoms with Gasteiger partial charge in [-0.15, -0.1) is 0 Å². The quantitative estimate of drug-likeness (QED) is 0.828. The summed E-state index contributed by atoms with van der Waals surface area (Å²) in [6.07, 6.45) is 1.19. The zero-order chi connectivity index (χ0) is 16.9. The summed E-state index contributed by atoms with van der Waals surface area (Å²) < 4.78 is 5.23. The number of nitrogens with zero attached hydrogens (tertiary/aromatic N) is 4. The molecule has 3 rings (SSSR count). The molecule has 1 saturated heterocycles. The molecule has 6 nitrogen and oxygen atoms in total. The molecule has 0 N–H and O–H groups in total. The molecule has 1 aromatic heterocycles. The summed E-state index contributed by atoms with van der Waals surface area (Å²) >= 11 is 5.87. The number of hydrogen-bond acceptors (Lipinski definition) is 5. The molecule has 1 aliphatic rings. The molecule has 0 atom stereocenters. The minimum atomic E-state index is 0.156. The van der Waals surface area contributed by atoms with Crippen LogP contribution in [0.4, 0.5) is 0 Å². The smallest absolute Gasteiger partial charge is 0.240 e. The normalized spacial score (nSPS) is 15.7. The summed E-state index contributed by atoms with van der Waals surface area (Å²) in [5.41, 5.74) is 0.991. The lowest BCUT2D eigenvalue weighted by Crippen LogP contribution is -2.48. The van der Waals surface area contributed by atoms with Crippen LogP contribution in [-0.2, 0) is 24.2 Å². The van der Waals surface area contributed by atoms with E-state index in [1.807, 2.05) is 36.1 Å². The van der Waals surface area contributed by atoms with Gasteiger partial charge in [0, 0.05) is 37.6 Å². The van der Waals surface area contributed by atoms with Crippen LogP contribution in [0.3, 0.4) is 0 Å². The van der Waals surface area contributed by atoms with Gasteiger partial charge in [0.05, 0.1) is 13.0 Å². The first-order valence-electron chi connectivity index (χ1n) is 8.20. The molecular weight excluding hydrogens is 328 g/mol. The molecule has 7 heteroatoms. The van der Waals surface area contributed by atoms with Crippen molar-refractivity contribution in [2.75, 3.05) is 26.2 Å². The van der Waals surface area contributed by atoms with E-state index in [1.165, 1.54) is 0 Å². The van der Waals surface area contributed by atoms with Crippen molar-refractivity contribution in [3.8, 4) is 0 Å². The minimum absolute atomic E-state index is 0.156. The SMILES string of the molecule is CCc1noc(CN2CCN(C(=O)Cc3ccc(Cl)cc3)CC2)n1. The number of carbonyl (C=O) groups excluding carboxylic acids is 1. The van der Waals surface area contributed by atoms with Crippen molar-refractivity contribution in [2.45, 2.75) is 26.3 Å². The number of halogens is 1. The standard InChI is InChI=1S/C17H21ClN4O2/c1-2-15-19-16(24-20-15)12-21-7-9-22(10-8-21)17(23)11-13-3-5-14(18)6-4-13/h3-6H,2,7-12H2,1H3. The van der Waals surface area contributed by atoms with Crippen LogP contribution in [0.5, 0.6) is 0 Å². The highest BCUT2D eigenvalue weighted by atomic mass is 35.5. The van der Waals surface area contributed by atoms with Crippen molar-refractivity contribution in [1.29, 1.82) is 0 Å². The van der Waals surface area contributed by atoms with E-state index in [1.54, 1.807) is 0 Å². The molecule has 2 heterocycles. The van der Waals surface area contributed by atoms with Gasteiger partial charge in [0.2, 0.25) is 11.8 Å². The average Bonchev–Trinajstić information content (AvgIpc) is 3.05. The van der Waals surface area contributed by atoms with Crippen LogP contribution in [-0.4, -0.2) is 52.0 Å². The van der Waals surface area contributed by atoms with E-state index in [9.17, 15) is 4.79 Å². The number of amides is 1. The van der Waals surface area contributed by atoms with Gasteiger partial charge in [-0.1, -0.05) is 35.8 Å². The van der Waals surface area contributed by atoms with Crippen molar-refractivity contribution >= 4 is 17.5 Å². The molecule has 0 aliphatic carbocycles. The lowest BCUT2D eigenvalue weighted by molar-refractivity contribution is -0.132. The second kappa shape index (κ2) is 7.77. The summed E-state index contributed by atoms with van der Waals surface area (Å²) in [6, 6.07) is 7.43. The third-order valence-corrected chi connectivity index (χ3v) is 4.43. The van der Waals surface area contributed by atoms with Crippen LogP contribution < -0.4 is 0 Å². The number of hydrogen-bond donors (Lipinski definition) is 0. The van der Waals surface area contributed by atoms with Gasteiger partial charge in [-0.2, -0.15) is 4.98 Å². The van der Waals surface area contributed by atoms with E-state index in [4.69, 9.17) is 16.1 Å². The molecule has 2 aromatic rings. The molecule has 0 spiro atoms. The molecule has 0 saturated carbocycles. The molecule has 24 heavy (non-hydrogen) atoms. The van der Waals surface area contributed by atoms with Crippen molar-refractivity contribution < 1.29 is 9.32 Å². The summed E-state index contributed by atoms with van der Waals surface area (Å²) in [5, 5.41) is 4.60. The number of aromatic nitrogens is 2. The molecule has 0 bridgehead atoms. The fourth-order valence-electron chi connectivity index (χ4n) is 2.73. The van der Waals surface area contributed by atoms with Gasteiger partial charge in [0.15, 0.2) is 5.82 Å². The fourth-order valence-corrected chi connectivity index (χ4v) is 2.86. The zero-order valence-corrected chi connectivity index (χ0v) is 14.5. The Balaban J connectivity index is 1.47. The first-order chi connectivity index (χ1) is 11.6. The maximum absolute atomic E-state index is 12.4. The molecule has 1 aliphatic heterocycles. The lowest BCUT2D eigenvalue weighted by atomic mass is 10.1. The molecule has 1 amide bonds. The molecule has 1 aromatic carbocycles. The highest BCUT2D eigenvalue weighted by molar-refractivity contribution is 6.30. The minimum Gasteiger partial charge on any atom is -0.340 e. The van der Waals surface area contributed by atoms with Gasteiger partial charge in [-0.25, -0.2) is 0 Å².